The third kappa shape index (κ3) is 2.30. The molecule has 0 bridgehead atoms. The number of hydrogen-bond acceptors (Lipinski definition) is 2. The molecule has 0 spiro atoms. The molecule has 2 nitrogen and oxygen atoms in total. The van der Waals surface area contributed by atoms with Gasteiger partial charge in [0.15, 0.2) is 11.6 Å². The summed E-state index contributed by atoms with van der Waals surface area (Å²) in [7, 11) is 0. The van der Waals surface area contributed by atoms with Crippen molar-refractivity contribution in [1.29, 1.82) is 0 Å². The van der Waals surface area contributed by atoms with Gasteiger partial charge in [-0.25, -0.2) is 0 Å². The van der Waals surface area contributed by atoms with Crippen LogP contribution in [0.1, 0.15) is 32.6 Å². The molecule has 110 valence electrons. The minimum Gasteiger partial charge on any atom is -0.295 e. The number of halogens is 1. The smallest absolute Gasteiger partial charge is 0.195 e. The van der Waals surface area contributed by atoms with Gasteiger partial charge < -0.3 is 0 Å². The van der Waals surface area contributed by atoms with Crippen molar-refractivity contribution in [3.8, 4) is 0 Å². The van der Waals surface area contributed by atoms with E-state index in [0.717, 1.165) is 38.7 Å². The zero-order valence-corrected chi connectivity index (χ0v) is 14.4. The molecule has 0 heterocycles. The molecule has 0 N–H and O–H groups in total. The molecule has 0 aromatic rings. The van der Waals surface area contributed by atoms with Crippen molar-refractivity contribution < 1.29 is 9.59 Å². The molecule has 3 atom stereocenters. The highest BCUT2D eigenvalue weighted by Gasteiger charge is 2.44. The summed E-state index contributed by atoms with van der Waals surface area (Å²) >= 11 is 2.13. The first-order valence-electron chi connectivity index (χ1n) is 7.43. The molecule has 1 fully saturated rings. The Bertz CT molecular complexity index is 636. The van der Waals surface area contributed by atoms with Crippen molar-refractivity contribution in [3.05, 3.63) is 45.1 Å². The highest BCUT2D eigenvalue weighted by molar-refractivity contribution is 14.1. The minimum absolute atomic E-state index is 0.0154. The second-order valence-electron chi connectivity index (χ2n) is 6.36. The van der Waals surface area contributed by atoms with Crippen LogP contribution in [0.5, 0.6) is 0 Å². The largest absolute Gasteiger partial charge is 0.295 e. The Labute approximate surface area is 139 Å². The van der Waals surface area contributed by atoms with Gasteiger partial charge in [0, 0.05) is 23.5 Å². The first kappa shape index (κ1) is 14.9. The predicted molar refractivity (Wildman–Crippen MR) is 92.0 cm³/mol. The Morgan fingerprint density at radius 1 is 1.29 bits per heavy atom. The molecular formula is C18H19IO2. The average molecular weight is 394 g/mol. The number of carbonyl (C=O) groups is 2. The van der Waals surface area contributed by atoms with E-state index in [0.29, 0.717) is 18.8 Å². The summed E-state index contributed by atoms with van der Waals surface area (Å²) in [4.78, 5) is 25.0. The highest BCUT2D eigenvalue weighted by Crippen LogP contribution is 2.50. The van der Waals surface area contributed by atoms with Gasteiger partial charge in [-0.05, 0) is 60.6 Å². The molecule has 3 rings (SSSR count). The molecule has 21 heavy (non-hydrogen) atoms. The lowest BCUT2D eigenvalue weighted by Crippen LogP contribution is -2.31. The second-order valence-corrected chi connectivity index (χ2v) is 7.53. The predicted octanol–water partition coefficient (Wildman–Crippen LogP) is 4.32. The third-order valence-electron chi connectivity index (χ3n) is 5.07. The maximum absolute atomic E-state index is 12.6. The van der Waals surface area contributed by atoms with E-state index >= 15 is 0 Å². The van der Waals surface area contributed by atoms with Crippen molar-refractivity contribution in [2.45, 2.75) is 32.6 Å². The van der Waals surface area contributed by atoms with Crippen LogP contribution in [-0.2, 0) is 9.59 Å². The van der Waals surface area contributed by atoms with Crippen LogP contribution < -0.4 is 0 Å². The molecule has 0 saturated heterocycles. The van der Waals surface area contributed by atoms with E-state index in [1.807, 2.05) is 0 Å². The Hall–Kier alpha value is -0.970. The molecule has 1 saturated carbocycles. The fourth-order valence-corrected chi connectivity index (χ4v) is 4.78. The van der Waals surface area contributed by atoms with Crippen LogP contribution >= 0.6 is 22.6 Å². The SMILES string of the molecule is C=C1CC[C@H](C(=C)C)[C@H]2C=C(I)C(=O)C3=C(C(=O)CC3)C12. The van der Waals surface area contributed by atoms with Crippen molar-refractivity contribution >= 4 is 34.2 Å². The molecule has 0 aromatic carbocycles. The molecule has 0 radical (unpaired) electrons. The van der Waals surface area contributed by atoms with Gasteiger partial charge in [0.25, 0.3) is 0 Å². The number of fused-ring (bicyclic) bond motifs is 2. The first-order chi connectivity index (χ1) is 9.91. The Morgan fingerprint density at radius 2 is 2.00 bits per heavy atom. The first-order valence-corrected chi connectivity index (χ1v) is 8.51. The number of rotatable bonds is 1. The Morgan fingerprint density at radius 3 is 2.67 bits per heavy atom. The van der Waals surface area contributed by atoms with E-state index in [1.165, 1.54) is 0 Å². The second kappa shape index (κ2) is 5.34. The van der Waals surface area contributed by atoms with E-state index in [2.05, 4.69) is 48.7 Å². The third-order valence-corrected chi connectivity index (χ3v) is 5.92. The maximum Gasteiger partial charge on any atom is 0.195 e. The van der Waals surface area contributed by atoms with Crippen molar-refractivity contribution in [2.24, 2.45) is 17.8 Å². The van der Waals surface area contributed by atoms with Gasteiger partial charge >= 0.3 is 0 Å². The van der Waals surface area contributed by atoms with Gasteiger partial charge in [0.05, 0.1) is 3.58 Å². The summed E-state index contributed by atoms with van der Waals surface area (Å²) in [5.41, 5.74) is 3.76. The van der Waals surface area contributed by atoms with Crippen molar-refractivity contribution in [1.82, 2.24) is 0 Å². The molecular weight excluding hydrogens is 375 g/mol. The fraction of sp³-hybridized carbons (Fsp3) is 0.444. The molecule has 3 heteroatoms. The number of Topliss-reactive ketones (excluding diaryl/α,β-unsaturated/α-hetero) is 2. The van der Waals surface area contributed by atoms with Gasteiger partial charge in [-0.2, -0.15) is 0 Å². The van der Waals surface area contributed by atoms with Gasteiger partial charge in [0.1, 0.15) is 0 Å². The Balaban J connectivity index is 2.19. The summed E-state index contributed by atoms with van der Waals surface area (Å²) in [5, 5.41) is 0. The summed E-state index contributed by atoms with van der Waals surface area (Å²) in [6.45, 7) is 10.4. The van der Waals surface area contributed by atoms with Crippen LogP contribution in [0.2, 0.25) is 0 Å². The molecule has 0 amide bonds. The van der Waals surface area contributed by atoms with E-state index in [-0.39, 0.29) is 23.4 Å². The maximum atomic E-state index is 12.6. The topological polar surface area (TPSA) is 34.1 Å². The minimum atomic E-state index is 0.0154. The van der Waals surface area contributed by atoms with Crippen LogP contribution in [0, 0.1) is 17.8 Å². The number of hydrogen-bond donors (Lipinski definition) is 0. The van der Waals surface area contributed by atoms with Gasteiger partial charge in [-0.15, -0.1) is 0 Å². The van der Waals surface area contributed by atoms with E-state index < -0.39 is 0 Å². The summed E-state index contributed by atoms with van der Waals surface area (Å²) in [6.07, 6.45) is 5.08. The molecule has 3 aliphatic rings. The number of carbonyl (C=O) groups excluding carboxylic acids is 2. The van der Waals surface area contributed by atoms with Crippen LogP contribution in [0.15, 0.2) is 45.1 Å². The summed E-state index contributed by atoms with van der Waals surface area (Å²) in [5.74, 6) is 0.713. The van der Waals surface area contributed by atoms with E-state index in [1.54, 1.807) is 0 Å². The molecule has 0 aromatic heterocycles. The lowest BCUT2D eigenvalue weighted by Gasteiger charge is -2.39. The van der Waals surface area contributed by atoms with Crippen LogP contribution in [0.3, 0.4) is 0 Å². The van der Waals surface area contributed by atoms with Gasteiger partial charge in [-0.1, -0.05) is 30.4 Å². The lowest BCUT2D eigenvalue weighted by molar-refractivity contribution is -0.115. The van der Waals surface area contributed by atoms with Crippen molar-refractivity contribution in [3.63, 3.8) is 0 Å². The number of allylic oxidation sites excluding steroid dienone is 6. The van der Waals surface area contributed by atoms with Crippen LogP contribution in [0.4, 0.5) is 0 Å². The Kier molecular flexibility index (Phi) is 3.80. The van der Waals surface area contributed by atoms with Crippen LogP contribution in [-0.4, -0.2) is 11.6 Å². The summed E-state index contributed by atoms with van der Waals surface area (Å²) < 4.78 is 0.753. The lowest BCUT2D eigenvalue weighted by atomic mass is 9.65. The molecule has 0 aliphatic heterocycles. The quantitative estimate of drug-likeness (QED) is 0.490. The van der Waals surface area contributed by atoms with Crippen molar-refractivity contribution in [2.75, 3.05) is 0 Å². The van der Waals surface area contributed by atoms with E-state index in [4.69, 9.17) is 0 Å². The average Bonchev–Trinajstić information content (AvgIpc) is 2.74. The van der Waals surface area contributed by atoms with E-state index in [9.17, 15) is 9.59 Å². The number of ketones is 2. The zero-order valence-electron chi connectivity index (χ0n) is 12.2. The highest BCUT2D eigenvalue weighted by atomic mass is 127. The standard InChI is InChI=1S/C18H19IO2/c1-9(2)11-5-4-10(3)16-13(11)8-14(19)18(21)12-6-7-15(20)17(12)16/h8,11,13,16H,1,3-7H2,2H3/t11-,13-,16?/m1/s1. The summed E-state index contributed by atoms with van der Waals surface area (Å²) in [6, 6.07) is 0. The van der Waals surface area contributed by atoms with Gasteiger partial charge in [0.2, 0.25) is 0 Å². The van der Waals surface area contributed by atoms with Crippen LogP contribution in [0.25, 0.3) is 0 Å². The zero-order chi connectivity index (χ0) is 15.3. The fourth-order valence-electron chi connectivity index (χ4n) is 4.04. The monoisotopic (exact) mass is 394 g/mol. The molecule has 3 aliphatic carbocycles. The van der Waals surface area contributed by atoms with Gasteiger partial charge in [-0.3, -0.25) is 9.59 Å². The normalized spacial score (nSPS) is 32.6. The molecule has 1 unspecified atom stereocenters.